The number of para-hydroxylation sites is 1. The van der Waals surface area contributed by atoms with Gasteiger partial charge in [-0.3, -0.25) is 24.3 Å². The number of rotatable bonds is 6. The average Bonchev–Trinajstić information content (AvgIpc) is 3.54. The molecule has 10 nitrogen and oxygen atoms in total. The van der Waals surface area contributed by atoms with Crippen molar-refractivity contribution in [1.82, 2.24) is 14.9 Å². The number of pyridine rings is 2. The van der Waals surface area contributed by atoms with E-state index in [1.807, 2.05) is 31.2 Å². The fraction of sp³-hybridized carbons (Fsp3) is 0.382. The van der Waals surface area contributed by atoms with Gasteiger partial charge in [0.25, 0.3) is 0 Å². The molecule has 1 aromatic carbocycles. The molecule has 1 fully saturated rings. The minimum absolute atomic E-state index is 0.0430. The molecule has 3 aliphatic rings. The van der Waals surface area contributed by atoms with Gasteiger partial charge in [-0.1, -0.05) is 18.7 Å². The summed E-state index contributed by atoms with van der Waals surface area (Å²) in [5.74, 6) is -1.83. The van der Waals surface area contributed by atoms with Crippen LogP contribution in [0, 0.1) is 19.8 Å². The number of aryl methyl sites for hydroxylation is 2. The summed E-state index contributed by atoms with van der Waals surface area (Å²) >= 11 is 0. The first kappa shape index (κ1) is 32.2. The molecule has 47 heavy (non-hydrogen) atoms. The van der Waals surface area contributed by atoms with Crippen LogP contribution in [0.5, 0.6) is 0 Å². The van der Waals surface area contributed by atoms with Crippen LogP contribution in [-0.2, 0) is 38.4 Å². The molecule has 1 saturated heterocycles. The molecule has 0 spiro atoms. The Morgan fingerprint density at radius 2 is 1.94 bits per heavy atom. The van der Waals surface area contributed by atoms with E-state index in [9.17, 15) is 27.6 Å². The zero-order chi connectivity index (χ0) is 33.8. The van der Waals surface area contributed by atoms with Crippen molar-refractivity contribution < 1.29 is 32.3 Å². The van der Waals surface area contributed by atoms with Gasteiger partial charge in [-0.2, -0.15) is 13.2 Å². The number of fused-ring (bicyclic) bond motifs is 3. The minimum atomic E-state index is -4.65. The molecule has 0 bridgehead atoms. The van der Waals surface area contributed by atoms with E-state index >= 15 is 0 Å². The maximum atomic E-state index is 14.1. The van der Waals surface area contributed by atoms with E-state index in [2.05, 4.69) is 16.5 Å². The van der Waals surface area contributed by atoms with Gasteiger partial charge in [0.05, 0.1) is 35.3 Å². The summed E-state index contributed by atoms with van der Waals surface area (Å²) in [5, 5.41) is 0. The van der Waals surface area contributed by atoms with E-state index in [0.29, 0.717) is 18.8 Å². The number of hydrogen-bond acceptors (Lipinski definition) is 7. The molecule has 3 aromatic rings. The molecule has 0 unspecified atom stereocenters. The molecule has 246 valence electrons. The van der Waals surface area contributed by atoms with Crippen LogP contribution in [0.2, 0.25) is 0 Å². The number of carbonyl (C=O) groups is 3. The van der Waals surface area contributed by atoms with Crippen molar-refractivity contribution in [1.29, 1.82) is 0 Å². The predicted octanol–water partition coefficient (Wildman–Crippen LogP) is 4.73. The van der Waals surface area contributed by atoms with Crippen molar-refractivity contribution in [2.45, 2.75) is 51.6 Å². The van der Waals surface area contributed by atoms with E-state index in [4.69, 9.17) is 9.72 Å². The van der Waals surface area contributed by atoms with E-state index in [0.717, 1.165) is 45.1 Å². The molecule has 5 heterocycles. The highest BCUT2D eigenvalue weighted by Crippen LogP contribution is 2.42. The van der Waals surface area contributed by atoms with Crippen LogP contribution in [-0.4, -0.2) is 65.9 Å². The predicted molar refractivity (Wildman–Crippen MR) is 169 cm³/mol. The van der Waals surface area contributed by atoms with Gasteiger partial charge < -0.3 is 19.4 Å². The van der Waals surface area contributed by atoms with E-state index < -0.39 is 35.5 Å². The summed E-state index contributed by atoms with van der Waals surface area (Å²) in [6, 6.07) is 7.95. The summed E-state index contributed by atoms with van der Waals surface area (Å²) in [4.78, 5) is 55.7. The topological polar surface area (TPSA) is 99.2 Å². The number of hydrogen-bond donors (Lipinski definition) is 0. The summed E-state index contributed by atoms with van der Waals surface area (Å²) in [6.45, 7) is 8.26. The van der Waals surface area contributed by atoms with Gasteiger partial charge in [-0.25, -0.2) is 4.98 Å². The summed E-state index contributed by atoms with van der Waals surface area (Å²) < 4.78 is 46.6. The molecular weight excluding hydrogens is 613 g/mol. The first-order chi connectivity index (χ1) is 22.3. The molecule has 0 N–H and O–H groups in total. The first-order valence-electron chi connectivity index (χ1n) is 15.2. The number of anilines is 3. The highest BCUT2D eigenvalue weighted by atomic mass is 19.4. The standard InChI is InChI=1S/C34H35F3N6O4/c1-6-28(44)42-17-22-11-21(14-38-30(22)26(42)18-47-5)15-41-16-23-12-29(45)43(27-13-24(34(35,36)37)10-20(3)39-27)32(23)33(46)40(4)25-9-7-8-19(2)31(25)41/h6-11,13-14,23,26,32H,1,12,15-18H2,2-5H3/t23-,26+,32+/m1/s1. The Kier molecular flexibility index (Phi) is 8.29. The number of likely N-dealkylation sites (N-methyl/N-ethyl adjacent to an activating group) is 1. The number of methoxy groups -OCH3 is 1. The van der Waals surface area contributed by atoms with Gasteiger partial charge in [0.15, 0.2) is 0 Å². The Morgan fingerprint density at radius 3 is 2.64 bits per heavy atom. The van der Waals surface area contributed by atoms with Crippen molar-refractivity contribution in [3.05, 3.63) is 88.9 Å². The second-order valence-electron chi connectivity index (χ2n) is 12.3. The minimum Gasteiger partial charge on any atom is -0.382 e. The van der Waals surface area contributed by atoms with Gasteiger partial charge in [0.2, 0.25) is 17.7 Å². The normalized spacial score (nSPS) is 21.0. The van der Waals surface area contributed by atoms with Crippen LogP contribution < -0.4 is 14.7 Å². The first-order valence-corrected chi connectivity index (χ1v) is 15.2. The van der Waals surface area contributed by atoms with Gasteiger partial charge in [0.1, 0.15) is 11.9 Å². The second-order valence-corrected chi connectivity index (χ2v) is 12.3. The van der Waals surface area contributed by atoms with Gasteiger partial charge >= 0.3 is 6.18 Å². The van der Waals surface area contributed by atoms with Crippen molar-refractivity contribution in [2.24, 2.45) is 5.92 Å². The number of halogens is 3. The van der Waals surface area contributed by atoms with Gasteiger partial charge in [-0.15, -0.1) is 0 Å². The maximum Gasteiger partial charge on any atom is 0.416 e. The van der Waals surface area contributed by atoms with E-state index in [1.54, 1.807) is 25.3 Å². The molecule has 0 saturated carbocycles. The lowest BCUT2D eigenvalue weighted by Gasteiger charge is -2.39. The lowest BCUT2D eigenvalue weighted by atomic mass is 9.94. The monoisotopic (exact) mass is 648 g/mol. The highest BCUT2D eigenvalue weighted by molar-refractivity contribution is 6.10. The summed E-state index contributed by atoms with van der Waals surface area (Å²) in [7, 11) is 3.18. The summed E-state index contributed by atoms with van der Waals surface area (Å²) in [5.41, 5.74) is 3.97. The molecular formula is C34H35F3N6O4. The van der Waals surface area contributed by atoms with Crippen molar-refractivity contribution in [3.8, 4) is 0 Å². The number of ether oxygens (including phenoxy) is 1. The molecule has 0 radical (unpaired) electrons. The Bertz CT molecular complexity index is 1780. The molecule has 2 aromatic heterocycles. The van der Waals surface area contributed by atoms with E-state index in [-0.39, 0.29) is 43.0 Å². The number of alkyl halides is 3. The number of carbonyl (C=O) groups excluding carboxylic acids is 3. The van der Waals surface area contributed by atoms with Crippen LogP contribution in [0.1, 0.15) is 46.1 Å². The quantitative estimate of drug-likeness (QED) is 0.357. The Hall–Kier alpha value is -4.78. The Balaban J connectivity index is 1.39. The highest BCUT2D eigenvalue weighted by Gasteiger charge is 2.49. The number of benzene rings is 1. The molecule has 0 aliphatic carbocycles. The molecule has 3 amide bonds. The SMILES string of the molecule is C=CC(=O)N1Cc2cc(CN3C[C@H]4CC(=O)N(c5cc(C(F)(F)F)cc(C)n5)[C@@H]4C(=O)N(C)c4cccc(C)c43)cnc2[C@@H]1COC. The largest absolute Gasteiger partial charge is 0.416 e. The lowest BCUT2D eigenvalue weighted by molar-refractivity contribution is -0.137. The average molecular weight is 649 g/mol. The van der Waals surface area contributed by atoms with Crippen molar-refractivity contribution in [2.75, 3.05) is 42.0 Å². The van der Waals surface area contributed by atoms with Gasteiger partial charge in [0, 0.05) is 58.0 Å². The Labute approximate surface area is 270 Å². The van der Waals surface area contributed by atoms with Crippen molar-refractivity contribution in [3.63, 3.8) is 0 Å². The second kappa shape index (κ2) is 12.1. The van der Waals surface area contributed by atoms with Crippen LogP contribution in [0.4, 0.5) is 30.4 Å². The van der Waals surface area contributed by atoms with Crippen LogP contribution in [0.15, 0.2) is 55.3 Å². The third-order valence-electron chi connectivity index (χ3n) is 9.12. The maximum absolute atomic E-state index is 14.1. The fourth-order valence-electron chi connectivity index (χ4n) is 7.07. The number of aromatic nitrogens is 2. The molecule has 13 heteroatoms. The molecule has 3 aliphatic heterocycles. The van der Waals surface area contributed by atoms with Crippen LogP contribution >= 0.6 is 0 Å². The zero-order valence-electron chi connectivity index (χ0n) is 26.5. The number of nitrogens with zero attached hydrogens (tertiary/aromatic N) is 6. The third kappa shape index (κ3) is 5.73. The smallest absolute Gasteiger partial charge is 0.382 e. The lowest BCUT2D eigenvalue weighted by Crippen LogP contribution is -2.52. The molecule has 6 rings (SSSR count). The Morgan fingerprint density at radius 1 is 1.17 bits per heavy atom. The van der Waals surface area contributed by atoms with Crippen molar-refractivity contribution >= 4 is 34.9 Å². The van der Waals surface area contributed by atoms with Gasteiger partial charge in [-0.05, 0) is 60.9 Å². The molecule has 3 atom stereocenters. The number of amides is 3. The summed E-state index contributed by atoms with van der Waals surface area (Å²) in [6.07, 6.45) is -1.67. The van der Waals surface area contributed by atoms with Crippen LogP contribution in [0.3, 0.4) is 0 Å². The van der Waals surface area contributed by atoms with Crippen LogP contribution in [0.25, 0.3) is 0 Å². The van der Waals surface area contributed by atoms with E-state index in [1.165, 1.54) is 17.9 Å². The zero-order valence-corrected chi connectivity index (χ0v) is 26.5. The third-order valence-corrected chi connectivity index (χ3v) is 9.12. The fourth-order valence-corrected chi connectivity index (χ4v) is 7.07.